The smallest absolute Gasteiger partial charge is 0.422 e. The van der Waals surface area contributed by atoms with E-state index in [9.17, 15) is 23.1 Å². The van der Waals surface area contributed by atoms with E-state index < -0.39 is 24.0 Å². The number of ether oxygens (including phenoxy) is 3. The Morgan fingerprint density at radius 3 is 2.37 bits per heavy atom. The molecule has 8 rings (SSSR count). The van der Waals surface area contributed by atoms with Crippen LogP contribution in [0.1, 0.15) is 103 Å². The summed E-state index contributed by atoms with van der Waals surface area (Å²) in [6, 6.07) is 6.05. The molecule has 0 aliphatic carbocycles. The number of rotatable bonds is 9. The number of nitrogens with zero attached hydrogens (tertiary/aromatic N) is 7. The summed E-state index contributed by atoms with van der Waals surface area (Å²) < 4.78 is 62.3. The molecule has 2 aromatic heterocycles. The number of hydrogen-bond donors (Lipinski definition) is 1. The number of β-amino-alcohol motifs (C(OH)–C–C–N with tert-alkyl or cyclic N) is 1. The Morgan fingerprint density at radius 1 is 1.02 bits per heavy atom. The molecule has 1 amide bonds. The fourth-order valence-electron chi connectivity index (χ4n) is 9.41. The summed E-state index contributed by atoms with van der Waals surface area (Å²) in [6.07, 6.45) is 1.67. The predicted octanol–water partition coefficient (Wildman–Crippen LogP) is 8.16. The number of aliphatic hydroxyl groups is 1. The van der Waals surface area contributed by atoms with E-state index in [0.717, 1.165) is 59.7 Å². The highest BCUT2D eigenvalue weighted by molar-refractivity contribution is 6.05. The van der Waals surface area contributed by atoms with Crippen molar-refractivity contribution in [2.24, 2.45) is 5.41 Å². The van der Waals surface area contributed by atoms with Crippen molar-refractivity contribution in [3.8, 4) is 16.9 Å². The highest BCUT2D eigenvalue weighted by Crippen LogP contribution is 2.48. The van der Waals surface area contributed by atoms with Gasteiger partial charge < -0.3 is 29.1 Å². The number of carbonyl (C=O) groups excluding carboxylic acids is 1. The number of benzene rings is 2. The summed E-state index contributed by atoms with van der Waals surface area (Å²) in [6.45, 7) is 16.5. The monoisotopic (exact) mass is 821 g/mol. The van der Waals surface area contributed by atoms with E-state index in [1.807, 2.05) is 51.4 Å². The Labute approximate surface area is 344 Å². The van der Waals surface area contributed by atoms with Crippen molar-refractivity contribution in [1.82, 2.24) is 29.5 Å². The summed E-state index contributed by atoms with van der Waals surface area (Å²) in [5.41, 5.74) is 2.76. The summed E-state index contributed by atoms with van der Waals surface area (Å²) in [7, 11) is 0. The van der Waals surface area contributed by atoms with Crippen LogP contribution in [0.3, 0.4) is 0 Å². The first-order valence-corrected chi connectivity index (χ1v) is 21.1. The zero-order valence-electron chi connectivity index (χ0n) is 35.4. The van der Waals surface area contributed by atoms with E-state index in [1.165, 1.54) is 0 Å². The second kappa shape index (κ2) is 15.4. The molecular formula is C44H58F3N7O5. The first-order valence-electron chi connectivity index (χ1n) is 21.1. The highest BCUT2D eigenvalue weighted by atomic mass is 19.4. The van der Waals surface area contributed by atoms with Crippen LogP contribution >= 0.6 is 0 Å². The van der Waals surface area contributed by atoms with Gasteiger partial charge in [-0.05, 0) is 109 Å². The maximum atomic E-state index is 14.2. The van der Waals surface area contributed by atoms with E-state index in [2.05, 4.69) is 15.9 Å². The van der Waals surface area contributed by atoms with Gasteiger partial charge in [-0.2, -0.15) is 18.3 Å². The van der Waals surface area contributed by atoms with E-state index in [4.69, 9.17) is 29.3 Å². The molecule has 0 radical (unpaired) electrons. The molecule has 2 aromatic carbocycles. The molecule has 0 saturated carbocycles. The molecule has 4 aromatic rings. The Balaban J connectivity index is 1.23. The average Bonchev–Trinajstić information content (AvgIpc) is 3.56. The number of amides is 1. The number of aryl methyl sites for hydroxylation is 2. The molecule has 4 aliphatic rings. The quantitative estimate of drug-likeness (QED) is 0.177. The van der Waals surface area contributed by atoms with Crippen LogP contribution in [0.15, 0.2) is 24.4 Å². The van der Waals surface area contributed by atoms with Gasteiger partial charge in [0, 0.05) is 80.1 Å². The van der Waals surface area contributed by atoms with Crippen molar-refractivity contribution in [3.63, 3.8) is 0 Å². The minimum atomic E-state index is -4.60. The SMILES string of the molecule is CCc1cc2c(N3CCC4(CC3)CN(C(=O)OC(C)(C)C)C4)nc(C3CN(CC(C)(C)O)C3)nc2c(OCC(F)(F)F)c1-c1c(C)ccc2c1cnn2C1CCCCO1. The summed E-state index contributed by atoms with van der Waals surface area (Å²) in [5.74, 6) is 1.23. The van der Waals surface area contributed by atoms with Crippen molar-refractivity contribution >= 4 is 33.7 Å². The van der Waals surface area contributed by atoms with Crippen LogP contribution in [0.4, 0.5) is 23.8 Å². The molecule has 15 heteroatoms. The number of aromatic nitrogens is 4. The maximum absolute atomic E-state index is 14.2. The minimum absolute atomic E-state index is 0.0311. The lowest BCUT2D eigenvalue weighted by molar-refractivity contribution is -0.153. The largest absolute Gasteiger partial charge is 0.481 e. The van der Waals surface area contributed by atoms with Crippen molar-refractivity contribution in [1.29, 1.82) is 0 Å². The van der Waals surface area contributed by atoms with Gasteiger partial charge in [0.05, 0.1) is 17.3 Å². The lowest BCUT2D eigenvalue weighted by Crippen LogP contribution is -2.62. The van der Waals surface area contributed by atoms with Crippen LogP contribution in [0.2, 0.25) is 0 Å². The second-order valence-electron chi connectivity index (χ2n) is 18.9. The molecular weight excluding hydrogens is 764 g/mol. The van der Waals surface area contributed by atoms with Crippen molar-refractivity contribution in [2.45, 2.75) is 117 Å². The molecule has 0 bridgehead atoms. The summed E-state index contributed by atoms with van der Waals surface area (Å²) in [5, 5.41) is 16.8. The van der Waals surface area contributed by atoms with Crippen LogP contribution in [-0.4, -0.2) is 117 Å². The van der Waals surface area contributed by atoms with Gasteiger partial charge in [-0.3, -0.25) is 4.90 Å². The fourth-order valence-corrected chi connectivity index (χ4v) is 9.41. The zero-order chi connectivity index (χ0) is 42.1. The first-order chi connectivity index (χ1) is 27.8. The van der Waals surface area contributed by atoms with Gasteiger partial charge in [-0.25, -0.2) is 19.4 Å². The number of alkyl halides is 3. The fraction of sp³-hybridized carbons (Fsp3) is 0.636. The molecule has 6 heterocycles. The molecule has 4 saturated heterocycles. The Hall–Kier alpha value is -4.21. The number of likely N-dealkylation sites (tertiary alicyclic amines) is 2. The van der Waals surface area contributed by atoms with Crippen LogP contribution in [-0.2, 0) is 15.9 Å². The third-order valence-electron chi connectivity index (χ3n) is 12.2. The van der Waals surface area contributed by atoms with E-state index in [0.29, 0.717) is 86.9 Å². The van der Waals surface area contributed by atoms with Gasteiger partial charge in [0.25, 0.3) is 0 Å². The normalized spacial score (nSPS) is 20.6. The van der Waals surface area contributed by atoms with Crippen LogP contribution < -0.4 is 9.64 Å². The van der Waals surface area contributed by atoms with Gasteiger partial charge >= 0.3 is 12.3 Å². The summed E-state index contributed by atoms with van der Waals surface area (Å²) >= 11 is 0. The first kappa shape index (κ1) is 41.5. The third-order valence-corrected chi connectivity index (χ3v) is 12.2. The lowest BCUT2D eigenvalue weighted by Gasteiger charge is -2.53. The van der Waals surface area contributed by atoms with E-state index in [-0.39, 0.29) is 29.4 Å². The van der Waals surface area contributed by atoms with Crippen LogP contribution in [0, 0.1) is 12.3 Å². The maximum Gasteiger partial charge on any atom is 0.422 e. The molecule has 59 heavy (non-hydrogen) atoms. The second-order valence-corrected chi connectivity index (χ2v) is 18.9. The van der Waals surface area contributed by atoms with Gasteiger partial charge in [0.1, 0.15) is 22.8 Å². The molecule has 1 unspecified atom stereocenters. The van der Waals surface area contributed by atoms with Crippen molar-refractivity contribution < 1.29 is 37.3 Å². The number of piperidine rings is 1. The van der Waals surface area contributed by atoms with E-state index in [1.54, 1.807) is 24.9 Å². The Morgan fingerprint density at radius 2 is 1.75 bits per heavy atom. The molecule has 4 fully saturated rings. The molecule has 1 spiro atoms. The highest BCUT2D eigenvalue weighted by Gasteiger charge is 2.48. The van der Waals surface area contributed by atoms with Crippen LogP contribution in [0.25, 0.3) is 32.9 Å². The number of fused-ring (bicyclic) bond motifs is 2. The van der Waals surface area contributed by atoms with Crippen molar-refractivity contribution in [2.75, 3.05) is 63.9 Å². The topological polar surface area (TPSA) is 118 Å². The third kappa shape index (κ3) is 8.56. The number of halogens is 3. The van der Waals surface area contributed by atoms with Gasteiger partial charge in [0.2, 0.25) is 0 Å². The Bertz CT molecular complexity index is 2200. The molecule has 1 atom stereocenters. The van der Waals surface area contributed by atoms with Gasteiger partial charge in [-0.1, -0.05) is 13.0 Å². The number of anilines is 1. The average molecular weight is 822 g/mol. The molecule has 4 aliphatic heterocycles. The van der Waals surface area contributed by atoms with Gasteiger partial charge in [-0.15, -0.1) is 0 Å². The lowest BCUT2D eigenvalue weighted by atomic mass is 9.72. The van der Waals surface area contributed by atoms with Gasteiger partial charge in [0.15, 0.2) is 18.6 Å². The standard InChI is InChI=1S/C44H58F3N7O5/c1-8-28-19-30-36(37(58-26-44(45,46)47)35(28)34-27(2)12-13-32-31(34)20-48-54(32)33-11-9-10-18-57-33)49-38(29-21-51(22-29)23-42(6,7)56)50-39(30)52-16-14-43(15-17-52)24-53(25-43)40(55)59-41(3,4)5/h12-13,19-20,29,33,56H,8-11,14-18,21-26H2,1-7H3. The molecule has 1 N–H and O–H groups in total. The predicted molar refractivity (Wildman–Crippen MR) is 220 cm³/mol. The molecule has 12 nitrogen and oxygen atoms in total. The van der Waals surface area contributed by atoms with E-state index >= 15 is 0 Å². The number of carbonyl (C=O) groups is 1. The number of hydrogen-bond acceptors (Lipinski definition) is 10. The zero-order valence-corrected chi connectivity index (χ0v) is 35.4. The molecule has 320 valence electrons. The van der Waals surface area contributed by atoms with Crippen LogP contribution in [0.5, 0.6) is 5.75 Å². The van der Waals surface area contributed by atoms with Crippen molar-refractivity contribution in [3.05, 3.63) is 41.3 Å². The Kier molecular flexibility index (Phi) is 10.8. The minimum Gasteiger partial charge on any atom is -0.481 e. The summed E-state index contributed by atoms with van der Waals surface area (Å²) in [4.78, 5) is 29.3.